The molecule has 1 saturated heterocycles. The van der Waals surface area contributed by atoms with Crippen LogP contribution in [-0.2, 0) is 6.54 Å². The van der Waals surface area contributed by atoms with Crippen LogP contribution in [0.3, 0.4) is 0 Å². The number of amides is 1. The minimum atomic E-state index is -0.397. The van der Waals surface area contributed by atoms with E-state index in [2.05, 4.69) is 22.1 Å². The molecule has 0 saturated carbocycles. The normalized spacial score (nSPS) is 19.4. The highest BCUT2D eigenvalue weighted by atomic mass is 16.1. The van der Waals surface area contributed by atoms with Crippen molar-refractivity contribution in [2.24, 2.45) is 16.6 Å². The largest absolute Gasteiger partial charge is 0.366 e. The van der Waals surface area contributed by atoms with E-state index in [1.54, 1.807) is 13.1 Å². The van der Waals surface area contributed by atoms with Gasteiger partial charge in [0, 0.05) is 32.2 Å². The smallest absolute Gasteiger partial charge is 0.248 e. The van der Waals surface area contributed by atoms with Gasteiger partial charge in [-0.25, -0.2) is 0 Å². The van der Waals surface area contributed by atoms with Gasteiger partial charge in [0.25, 0.3) is 0 Å². The van der Waals surface area contributed by atoms with E-state index in [0.29, 0.717) is 18.0 Å². The predicted molar refractivity (Wildman–Crippen MR) is 85.1 cm³/mol. The molecular weight excluding hydrogens is 264 g/mol. The van der Waals surface area contributed by atoms with Gasteiger partial charge < -0.3 is 16.0 Å². The number of carbonyl (C=O) groups is 1. The number of rotatable bonds is 3. The summed E-state index contributed by atoms with van der Waals surface area (Å²) in [6, 6.07) is 7.38. The Morgan fingerprint density at radius 3 is 3.00 bits per heavy atom. The fourth-order valence-corrected chi connectivity index (χ4v) is 2.73. The van der Waals surface area contributed by atoms with Crippen molar-refractivity contribution in [1.29, 1.82) is 0 Å². The van der Waals surface area contributed by atoms with Gasteiger partial charge in [0.2, 0.25) is 5.91 Å². The molecule has 2 rings (SSSR count). The third-order valence-electron chi connectivity index (χ3n) is 3.83. The van der Waals surface area contributed by atoms with Crippen molar-refractivity contribution in [2.45, 2.75) is 26.3 Å². The lowest BCUT2D eigenvalue weighted by molar-refractivity contribution is 0.1000. The Bertz CT molecular complexity index is 527. The van der Waals surface area contributed by atoms with E-state index >= 15 is 0 Å². The minimum Gasteiger partial charge on any atom is -0.366 e. The highest BCUT2D eigenvalue weighted by Gasteiger charge is 2.18. The predicted octanol–water partition coefficient (Wildman–Crippen LogP) is 1.59. The lowest BCUT2D eigenvalue weighted by atomic mass is 10.0. The van der Waals surface area contributed by atoms with Crippen molar-refractivity contribution in [1.82, 2.24) is 10.2 Å². The Balaban J connectivity index is 1.97. The molecule has 0 spiro atoms. The van der Waals surface area contributed by atoms with Crippen LogP contribution >= 0.6 is 0 Å². The molecule has 0 radical (unpaired) electrons. The van der Waals surface area contributed by atoms with E-state index in [4.69, 9.17) is 5.73 Å². The van der Waals surface area contributed by atoms with E-state index in [0.717, 1.165) is 24.6 Å². The minimum absolute atomic E-state index is 0.397. The van der Waals surface area contributed by atoms with Crippen molar-refractivity contribution in [2.75, 3.05) is 20.1 Å². The summed E-state index contributed by atoms with van der Waals surface area (Å²) in [6.45, 7) is 5.00. The number of hydrogen-bond donors (Lipinski definition) is 2. The Kier molecular flexibility index (Phi) is 5.20. The van der Waals surface area contributed by atoms with Crippen molar-refractivity contribution >= 4 is 11.9 Å². The zero-order chi connectivity index (χ0) is 15.2. The molecule has 1 heterocycles. The maximum Gasteiger partial charge on any atom is 0.248 e. The maximum atomic E-state index is 11.2. The summed E-state index contributed by atoms with van der Waals surface area (Å²) in [5.74, 6) is 1.23. The van der Waals surface area contributed by atoms with Crippen molar-refractivity contribution < 1.29 is 4.79 Å². The number of primary amides is 1. The van der Waals surface area contributed by atoms with Gasteiger partial charge in [-0.05, 0) is 36.5 Å². The molecule has 114 valence electrons. The zero-order valence-corrected chi connectivity index (χ0v) is 12.8. The van der Waals surface area contributed by atoms with Gasteiger partial charge >= 0.3 is 0 Å². The highest BCUT2D eigenvalue weighted by Crippen LogP contribution is 2.15. The summed E-state index contributed by atoms with van der Waals surface area (Å²) < 4.78 is 0. The molecule has 0 aliphatic carbocycles. The van der Waals surface area contributed by atoms with Gasteiger partial charge in [0.1, 0.15) is 0 Å². The van der Waals surface area contributed by atoms with Crippen LogP contribution in [0.4, 0.5) is 0 Å². The number of nitrogens with zero attached hydrogens (tertiary/aromatic N) is 2. The van der Waals surface area contributed by atoms with Gasteiger partial charge in [-0.15, -0.1) is 0 Å². The Morgan fingerprint density at radius 1 is 1.52 bits per heavy atom. The summed E-state index contributed by atoms with van der Waals surface area (Å²) in [6.07, 6.45) is 2.49. The SMILES string of the molecule is CN=C(NCc1cccc(C(N)=O)c1)N1CCCC(C)C1. The third kappa shape index (κ3) is 4.21. The first-order valence-electron chi connectivity index (χ1n) is 7.44. The van der Waals surface area contributed by atoms with E-state index in [1.807, 2.05) is 18.2 Å². The maximum absolute atomic E-state index is 11.2. The molecule has 5 heteroatoms. The first-order valence-corrected chi connectivity index (χ1v) is 7.44. The summed E-state index contributed by atoms with van der Waals surface area (Å²) in [5.41, 5.74) is 6.87. The summed E-state index contributed by atoms with van der Waals surface area (Å²) >= 11 is 0. The van der Waals surface area contributed by atoms with E-state index in [1.165, 1.54) is 12.8 Å². The molecule has 1 amide bonds. The molecule has 0 aromatic heterocycles. The summed E-state index contributed by atoms with van der Waals surface area (Å²) in [4.78, 5) is 17.9. The van der Waals surface area contributed by atoms with Gasteiger partial charge in [0.15, 0.2) is 5.96 Å². The Hall–Kier alpha value is -2.04. The van der Waals surface area contributed by atoms with Gasteiger partial charge in [-0.2, -0.15) is 0 Å². The molecular formula is C16H24N4O. The number of aliphatic imine (C=N–C) groups is 1. The monoisotopic (exact) mass is 288 g/mol. The Labute approximate surface area is 126 Å². The number of carbonyl (C=O) groups excluding carboxylic acids is 1. The molecule has 5 nitrogen and oxygen atoms in total. The number of likely N-dealkylation sites (tertiary alicyclic amines) is 1. The standard InChI is InChI=1S/C16H24N4O/c1-12-5-4-8-20(11-12)16(18-2)19-10-13-6-3-7-14(9-13)15(17)21/h3,6-7,9,12H,4-5,8,10-11H2,1-2H3,(H2,17,21)(H,18,19). The van der Waals surface area contributed by atoms with E-state index in [9.17, 15) is 4.79 Å². The topological polar surface area (TPSA) is 70.7 Å². The van der Waals surface area contributed by atoms with Crippen LogP contribution in [-0.4, -0.2) is 36.9 Å². The quantitative estimate of drug-likeness (QED) is 0.655. The van der Waals surface area contributed by atoms with Crippen LogP contribution in [0.15, 0.2) is 29.3 Å². The van der Waals surface area contributed by atoms with Gasteiger partial charge in [0.05, 0.1) is 0 Å². The molecule has 1 aromatic rings. The molecule has 1 aliphatic rings. The number of guanidine groups is 1. The van der Waals surface area contributed by atoms with Crippen molar-refractivity contribution in [3.8, 4) is 0 Å². The van der Waals surface area contributed by atoms with Crippen LogP contribution in [0.2, 0.25) is 0 Å². The second-order valence-electron chi connectivity index (χ2n) is 5.66. The average Bonchev–Trinajstić information content (AvgIpc) is 2.48. The number of nitrogens with one attached hydrogen (secondary N) is 1. The molecule has 1 aromatic carbocycles. The molecule has 1 atom stereocenters. The van der Waals surface area contributed by atoms with E-state index in [-0.39, 0.29) is 0 Å². The first kappa shape index (κ1) is 15.4. The summed E-state index contributed by atoms with van der Waals surface area (Å²) in [7, 11) is 1.81. The molecule has 3 N–H and O–H groups in total. The fraction of sp³-hybridized carbons (Fsp3) is 0.500. The fourth-order valence-electron chi connectivity index (χ4n) is 2.73. The van der Waals surface area contributed by atoms with Crippen LogP contribution in [0.5, 0.6) is 0 Å². The Morgan fingerprint density at radius 2 is 2.33 bits per heavy atom. The number of piperidine rings is 1. The van der Waals surface area contributed by atoms with Crippen molar-refractivity contribution in [3.63, 3.8) is 0 Å². The second-order valence-corrected chi connectivity index (χ2v) is 5.66. The van der Waals surface area contributed by atoms with Crippen LogP contribution in [0.1, 0.15) is 35.7 Å². The average molecular weight is 288 g/mol. The zero-order valence-electron chi connectivity index (χ0n) is 12.8. The molecule has 21 heavy (non-hydrogen) atoms. The van der Waals surface area contributed by atoms with Crippen molar-refractivity contribution in [3.05, 3.63) is 35.4 Å². The number of hydrogen-bond acceptors (Lipinski definition) is 2. The van der Waals surface area contributed by atoms with Crippen LogP contribution < -0.4 is 11.1 Å². The van der Waals surface area contributed by atoms with Gasteiger partial charge in [-0.3, -0.25) is 9.79 Å². The molecule has 1 fully saturated rings. The van der Waals surface area contributed by atoms with E-state index < -0.39 is 5.91 Å². The lowest BCUT2D eigenvalue weighted by Crippen LogP contribution is -2.45. The number of nitrogens with two attached hydrogens (primary N) is 1. The first-order chi connectivity index (χ1) is 10.1. The molecule has 0 bridgehead atoms. The second kappa shape index (κ2) is 7.11. The van der Waals surface area contributed by atoms with Crippen LogP contribution in [0.25, 0.3) is 0 Å². The highest BCUT2D eigenvalue weighted by molar-refractivity contribution is 5.92. The lowest BCUT2D eigenvalue weighted by Gasteiger charge is -2.33. The van der Waals surface area contributed by atoms with Gasteiger partial charge in [-0.1, -0.05) is 19.1 Å². The summed E-state index contributed by atoms with van der Waals surface area (Å²) in [5, 5.41) is 3.37. The number of benzene rings is 1. The molecule has 1 aliphatic heterocycles. The van der Waals surface area contributed by atoms with Crippen LogP contribution in [0, 0.1) is 5.92 Å². The molecule has 1 unspecified atom stereocenters. The third-order valence-corrected chi connectivity index (χ3v) is 3.83.